The first kappa shape index (κ1) is 13.9. The smallest absolute Gasteiger partial charge is 0.179 e. The van der Waals surface area contributed by atoms with Crippen LogP contribution in [-0.2, 0) is 0 Å². The highest BCUT2D eigenvalue weighted by Crippen LogP contribution is 2.24. The molecule has 0 atom stereocenters. The molecule has 108 valence electrons. The van der Waals surface area contributed by atoms with E-state index >= 15 is 0 Å². The minimum absolute atomic E-state index is 0.367. The molecule has 0 saturated carbocycles. The van der Waals surface area contributed by atoms with Crippen molar-refractivity contribution >= 4 is 18.0 Å². The molecule has 0 spiro atoms. The summed E-state index contributed by atoms with van der Waals surface area (Å²) in [6.07, 6.45) is 7.78. The Morgan fingerprint density at radius 2 is 1.27 bits per heavy atom. The van der Waals surface area contributed by atoms with E-state index < -0.39 is 5.54 Å². The van der Waals surface area contributed by atoms with Gasteiger partial charge in [-0.2, -0.15) is 0 Å². The molecule has 0 amide bonds. The molecule has 0 unspecified atom stereocenters. The number of nitrogens with zero attached hydrogens (tertiary/aromatic N) is 3. The summed E-state index contributed by atoms with van der Waals surface area (Å²) in [6.45, 7) is 0. The molecule has 0 aromatic heterocycles. The summed E-state index contributed by atoms with van der Waals surface area (Å²) in [5.74, 6) is 0.367. The van der Waals surface area contributed by atoms with Crippen LogP contribution in [0.5, 0.6) is 0 Å². The van der Waals surface area contributed by atoms with Crippen LogP contribution >= 0.6 is 0 Å². The summed E-state index contributed by atoms with van der Waals surface area (Å²) < 4.78 is 0. The Labute approximate surface area is 129 Å². The molecule has 0 aliphatic carbocycles. The minimum Gasteiger partial charge on any atom is -0.383 e. The molecule has 2 aromatic rings. The van der Waals surface area contributed by atoms with Crippen molar-refractivity contribution in [3.63, 3.8) is 0 Å². The third-order valence-electron chi connectivity index (χ3n) is 3.43. The molecule has 1 aliphatic rings. The lowest BCUT2D eigenvalue weighted by Crippen LogP contribution is -2.36. The van der Waals surface area contributed by atoms with Gasteiger partial charge in [0, 0.05) is 0 Å². The van der Waals surface area contributed by atoms with Gasteiger partial charge in [-0.1, -0.05) is 72.8 Å². The van der Waals surface area contributed by atoms with Crippen LogP contribution in [0, 0.1) is 0 Å². The number of hydrogen-bond acceptors (Lipinski definition) is 4. The summed E-state index contributed by atoms with van der Waals surface area (Å²) in [5.41, 5.74) is 7.34. The zero-order chi connectivity index (χ0) is 15.3. The first-order chi connectivity index (χ1) is 10.8. The Balaban J connectivity index is 1.90. The fourth-order valence-corrected chi connectivity index (χ4v) is 2.14. The minimum atomic E-state index is -0.814. The molecule has 4 nitrogen and oxygen atoms in total. The van der Waals surface area contributed by atoms with E-state index in [9.17, 15) is 0 Å². The van der Waals surface area contributed by atoms with Gasteiger partial charge in [0.1, 0.15) is 0 Å². The Kier molecular flexibility index (Phi) is 3.92. The highest BCUT2D eigenvalue weighted by atomic mass is 15.4. The van der Waals surface area contributed by atoms with Crippen molar-refractivity contribution in [2.45, 2.75) is 5.54 Å². The molecule has 0 radical (unpaired) electrons. The second kappa shape index (κ2) is 6.18. The van der Waals surface area contributed by atoms with Crippen LogP contribution in [0.3, 0.4) is 0 Å². The number of benzene rings is 2. The van der Waals surface area contributed by atoms with Crippen LogP contribution in [0.4, 0.5) is 0 Å². The van der Waals surface area contributed by atoms with Gasteiger partial charge in [0.05, 0.1) is 0 Å². The van der Waals surface area contributed by atoms with E-state index in [0.29, 0.717) is 5.84 Å². The molecule has 3 rings (SSSR count). The van der Waals surface area contributed by atoms with Gasteiger partial charge >= 0.3 is 0 Å². The molecular weight excluding hydrogens is 272 g/mol. The summed E-state index contributed by atoms with van der Waals surface area (Å²) in [4.78, 5) is 0. The zero-order valence-corrected chi connectivity index (χ0v) is 12.0. The molecule has 1 aliphatic heterocycles. The van der Waals surface area contributed by atoms with Gasteiger partial charge < -0.3 is 5.73 Å². The number of rotatable bonds is 4. The van der Waals surface area contributed by atoms with E-state index in [0.717, 1.165) is 11.1 Å². The molecule has 2 N–H and O–H groups in total. The third kappa shape index (κ3) is 3.01. The van der Waals surface area contributed by atoms with E-state index in [1.54, 1.807) is 0 Å². The molecule has 0 fully saturated rings. The largest absolute Gasteiger partial charge is 0.383 e. The number of hydrogen-bond donors (Lipinski definition) is 1. The maximum atomic E-state index is 6.00. The lowest BCUT2D eigenvalue weighted by molar-refractivity contribution is 0.836. The van der Waals surface area contributed by atoms with Gasteiger partial charge in [0.15, 0.2) is 11.4 Å². The average molecular weight is 288 g/mol. The molecule has 1 heterocycles. The van der Waals surface area contributed by atoms with Gasteiger partial charge in [-0.3, -0.25) is 0 Å². The van der Waals surface area contributed by atoms with Crippen molar-refractivity contribution < 1.29 is 0 Å². The SMILES string of the molecule is NC1=NN=NC1(C=Cc1ccccc1)C=Cc1ccccc1. The van der Waals surface area contributed by atoms with Gasteiger partial charge in [0.2, 0.25) is 0 Å². The van der Waals surface area contributed by atoms with Crippen molar-refractivity contribution in [2.75, 3.05) is 0 Å². The highest BCUT2D eigenvalue weighted by molar-refractivity contribution is 5.97. The molecule has 4 heteroatoms. The van der Waals surface area contributed by atoms with Gasteiger partial charge in [0.25, 0.3) is 0 Å². The number of amidine groups is 1. The maximum Gasteiger partial charge on any atom is 0.179 e. The van der Waals surface area contributed by atoms with Gasteiger partial charge in [-0.25, -0.2) is 0 Å². The molecule has 2 aromatic carbocycles. The Morgan fingerprint density at radius 3 is 1.68 bits per heavy atom. The zero-order valence-electron chi connectivity index (χ0n) is 12.0. The topological polar surface area (TPSA) is 63.1 Å². The molecule has 22 heavy (non-hydrogen) atoms. The molecule has 0 bridgehead atoms. The van der Waals surface area contributed by atoms with E-state index in [-0.39, 0.29) is 0 Å². The van der Waals surface area contributed by atoms with Crippen molar-refractivity contribution in [3.8, 4) is 0 Å². The van der Waals surface area contributed by atoms with Crippen LogP contribution < -0.4 is 5.73 Å². The van der Waals surface area contributed by atoms with Crippen molar-refractivity contribution in [1.29, 1.82) is 0 Å². The fraction of sp³-hybridized carbons (Fsp3) is 0.0556. The molecular formula is C18H16N4. The highest BCUT2D eigenvalue weighted by Gasteiger charge is 2.32. The van der Waals surface area contributed by atoms with E-state index in [1.165, 1.54) is 0 Å². The maximum absolute atomic E-state index is 6.00. The second-order valence-corrected chi connectivity index (χ2v) is 4.99. The summed E-state index contributed by atoms with van der Waals surface area (Å²) >= 11 is 0. The first-order valence-electron chi connectivity index (χ1n) is 7.03. The third-order valence-corrected chi connectivity index (χ3v) is 3.43. The molecule has 0 saturated heterocycles. The van der Waals surface area contributed by atoms with E-state index in [2.05, 4.69) is 15.4 Å². The van der Waals surface area contributed by atoms with Crippen molar-refractivity contribution in [2.24, 2.45) is 21.2 Å². The quantitative estimate of drug-likeness (QED) is 0.911. The van der Waals surface area contributed by atoms with E-state index in [1.807, 2.05) is 85.0 Å². The van der Waals surface area contributed by atoms with Crippen LogP contribution in [0.2, 0.25) is 0 Å². The van der Waals surface area contributed by atoms with E-state index in [4.69, 9.17) is 5.73 Å². The summed E-state index contributed by atoms with van der Waals surface area (Å²) in [5, 5.41) is 11.8. The second-order valence-electron chi connectivity index (χ2n) is 4.99. The van der Waals surface area contributed by atoms with Crippen LogP contribution in [0.25, 0.3) is 12.2 Å². The van der Waals surface area contributed by atoms with Gasteiger partial charge in [-0.05, 0) is 28.5 Å². The normalized spacial score (nSPS) is 20.8. The van der Waals surface area contributed by atoms with Crippen molar-refractivity contribution in [1.82, 2.24) is 0 Å². The van der Waals surface area contributed by atoms with Crippen LogP contribution in [-0.4, -0.2) is 11.4 Å². The fourth-order valence-electron chi connectivity index (χ4n) is 2.14. The Morgan fingerprint density at radius 1 is 0.773 bits per heavy atom. The summed E-state index contributed by atoms with van der Waals surface area (Å²) in [7, 11) is 0. The summed E-state index contributed by atoms with van der Waals surface area (Å²) in [6, 6.07) is 20.0. The first-order valence-corrected chi connectivity index (χ1v) is 7.03. The predicted molar refractivity (Wildman–Crippen MR) is 90.2 cm³/mol. The lowest BCUT2D eigenvalue weighted by atomic mass is 9.96. The monoisotopic (exact) mass is 288 g/mol. The lowest BCUT2D eigenvalue weighted by Gasteiger charge is -2.15. The average Bonchev–Trinajstić information content (AvgIpc) is 2.94. The van der Waals surface area contributed by atoms with Crippen LogP contribution in [0.15, 0.2) is 88.3 Å². The standard InChI is InChI=1S/C18H16N4/c19-17-18(21-22-20-17,13-11-15-7-3-1-4-8-15)14-12-16-9-5-2-6-10-16/h1-14H,(H2,19,20,21). The Hall–Kier alpha value is -3.01. The Bertz CT molecular complexity index is 694. The van der Waals surface area contributed by atoms with Crippen molar-refractivity contribution in [3.05, 3.63) is 83.9 Å². The predicted octanol–water partition coefficient (Wildman–Crippen LogP) is 3.89. The van der Waals surface area contributed by atoms with Gasteiger partial charge in [-0.15, -0.1) is 10.2 Å². The number of nitrogens with two attached hydrogens (primary N) is 1. The van der Waals surface area contributed by atoms with Crippen LogP contribution in [0.1, 0.15) is 11.1 Å².